The molecule has 1 saturated heterocycles. The van der Waals surface area contributed by atoms with Crippen LogP contribution in [0.5, 0.6) is 5.75 Å². The summed E-state index contributed by atoms with van der Waals surface area (Å²) in [5.41, 5.74) is 1.87. The van der Waals surface area contributed by atoms with E-state index in [4.69, 9.17) is 4.74 Å². The molecule has 1 aromatic heterocycles. The Balaban J connectivity index is 1.40. The van der Waals surface area contributed by atoms with Crippen LogP contribution >= 0.6 is 0 Å². The highest BCUT2D eigenvalue weighted by molar-refractivity contribution is 7.90. The molecule has 1 unspecified atom stereocenters. The van der Waals surface area contributed by atoms with E-state index < -0.39 is 9.84 Å². The van der Waals surface area contributed by atoms with E-state index in [-0.39, 0.29) is 5.03 Å². The molecule has 2 aromatic rings. The lowest BCUT2D eigenvalue weighted by atomic mass is 10.1. The predicted octanol–water partition coefficient (Wildman–Crippen LogP) is 2.00. The molecule has 6 heteroatoms. The van der Waals surface area contributed by atoms with Gasteiger partial charge in [0.1, 0.15) is 5.75 Å². The monoisotopic (exact) mass is 344 g/mol. The van der Waals surface area contributed by atoms with Gasteiger partial charge in [0.25, 0.3) is 0 Å². The van der Waals surface area contributed by atoms with E-state index >= 15 is 0 Å². The quantitative estimate of drug-likeness (QED) is 0.898. The summed E-state index contributed by atoms with van der Waals surface area (Å²) in [5.74, 6) is 3.20. The fraction of sp³-hybridized carbons (Fsp3) is 0.389. The van der Waals surface area contributed by atoms with Crippen LogP contribution in [0.1, 0.15) is 0 Å². The molecule has 1 saturated carbocycles. The molecule has 3 atom stereocenters. The molecular weight excluding hydrogens is 324 g/mol. The molecule has 2 fully saturated rings. The highest BCUT2D eigenvalue weighted by atomic mass is 32.2. The molecule has 2 aliphatic rings. The van der Waals surface area contributed by atoms with E-state index in [0.717, 1.165) is 54.7 Å². The zero-order valence-electron chi connectivity index (χ0n) is 13.5. The summed E-state index contributed by atoms with van der Waals surface area (Å²) in [6, 6.07) is 11.2. The minimum atomic E-state index is -3.26. The third-order valence-electron chi connectivity index (χ3n) is 5.02. The first-order chi connectivity index (χ1) is 11.5. The van der Waals surface area contributed by atoms with E-state index in [9.17, 15) is 8.42 Å². The molecular formula is C18H20N2O3S. The van der Waals surface area contributed by atoms with Gasteiger partial charge in [-0.2, -0.15) is 0 Å². The Bertz CT molecular complexity index is 822. The summed E-state index contributed by atoms with van der Waals surface area (Å²) in [7, 11) is -3.26. The molecule has 24 heavy (non-hydrogen) atoms. The van der Waals surface area contributed by atoms with Gasteiger partial charge in [0.2, 0.25) is 0 Å². The maximum atomic E-state index is 11.4. The number of aromatic nitrogens is 1. The second-order valence-corrected chi connectivity index (χ2v) is 8.61. The number of nitrogens with zero attached hydrogens (tertiary/aromatic N) is 1. The SMILES string of the molecule is CS(=O)(=O)c1ccc(-c2ccc(OC[C@@H]3C4CNC[C@H]43)cc2)cn1. The fourth-order valence-electron chi connectivity index (χ4n) is 3.50. The normalized spacial score (nSPS) is 25.3. The molecule has 0 radical (unpaired) electrons. The van der Waals surface area contributed by atoms with Gasteiger partial charge >= 0.3 is 0 Å². The minimum absolute atomic E-state index is 0.0932. The molecule has 1 aliphatic heterocycles. The third-order valence-corrected chi connectivity index (χ3v) is 6.02. The summed E-state index contributed by atoms with van der Waals surface area (Å²) in [6.45, 7) is 3.06. The zero-order valence-corrected chi connectivity index (χ0v) is 14.3. The van der Waals surface area contributed by atoms with Crippen molar-refractivity contribution in [3.63, 3.8) is 0 Å². The van der Waals surface area contributed by atoms with Crippen molar-refractivity contribution in [2.24, 2.45) is 17.8 Å². The molecule has 0 bridgehead atoms. The van der Waals surface area contributed by atoms with Gasteiger partial charge in [0.05, 0.1) is 6.61 Å². The second kappa shape index (κ2) is 5.86. The van der Waals surface area contributed by atoms with Crippen LogP contribution in [-0.4, -0.2) is 39.4 Å². The van der Waals surface area contributed by atoms with Gasteiger partial charge < -0.3 is 10.1 Å². The van der Waals surface area contributed by atoms with Crippen LogP contribution in [-0.2, 0) is 9.84 Å². The van der Waals surface area contributed by atoms with Crippen molar-refractivity contribution in [1.82, 2.24) is 10.3 Å². The molecule has 2 heterocycles. The van der Waals surface area contributed by atoms with E-state index in [1.54, 1.807) is 12.3 Å². The lowest BCUT2D eigenvalue weighted by Gasteiger charge is -2.09. The Morgan fingerprint density at radius 1 is 1.08 bits per heavy atom. The van der Waals surface area contributed by atoms with E-state index in [2.05, 4.69) is 10.3 Å². The van der Waals surface area contributed by atoms with Crippen LogP contribution in [0.25, 0.3) is 11.1 Å². The smallest absolute Gasteiger partial charge is 0.192 e. The number of hydrogen-bond donors (Lipinski definition) is 1. The van der Waals surface area contributed by atoms with Crippen LogP contribution in [0.2, 0.25) is 0 Å². The van der Waals surface area contributed by atoms with Gasteiger partial charge in [-0.3, -0.25) is 0 Å². The van der Waals surface area contributed by atoms with Gasteiger partial charge in [0, 0.05) is 23.9 Å². The number of rotatable bonds is 5. The highest BCUT2D eigenvalue weighted by Crippen LogP contribution is 2.48. The number of ether oxygens (including phenoxy) is 1. The average molecular weight is 344 g/mol. The Hall–Kier alpha value is -1.92. The van der Waals surface area contributed by atoms with E-state index in [1.807, 2.05) is 24.3 Å². The average Bonchev–Trinajstić information content (AvgIpc) is 3.00. The summed E-state index contributed by atoms with van der Waals surface area (Å²) >= 11 is 0. The number of benzene rings is 1. The van der Waals surface area contributed by atoms with Crippen LogP contribution in [0.3, 0.4) is 0 Å². The zero-order chi connectivity index (χ0) is 16.7. The molecule has 1 aromatic carbocycles. The van der Waals surface area contributed by atoms with Crippen molar-refractivity contribution in [2.75, 3.05) is 26.0 Å². The Labute approximate surface area is 142 Å². The standard InChI is InChI=1S/C18H20N2O3S/c1-24(21,22)18-7-4-13(8-20-18)12-2-5-14(6-3-12)23-11-17-15-9-19-10-16(15)17/h2-8,15-17,19H,9-11H2,1H3/t15-,16?,17+/m1/s1. The Morgan fingerprint density at radius 3 is 2.33 bits per heavy atom. The number of hydrogen-bond acceptors (Lipinski definition) is 5. The van der Waals surface area contributed by atoms with E-state index in [0.29, 0.717) is 5.92 Å². The first-order valence-corrected chi connectivity index (χ1v) is 10.0. The Kier molecular flexibility index (Phi) is 3.81. The van der Waals surface area contributed by atoms with Gasteiger partial charge in [-0.05, 0) is 54.8 Å². The molecule has 126 valence electrons. The topological polar surface area (TPSA) is 68.3 Å². The van der Waals surface area contributed by atoms with Gasteiger partial charge in [-0.15, -0.1) is 0 Å². The lowest BCUT2D eigenvalue weighted by molar-refractivity contribution is 0.280. The van der Waals surface area contributed by atoms with Crippen molar-refractivity contribution >= 4 is 9.84 Å². The van der Waals surface area contributed by atoms with Gasteiger partial charge in [-0.1, -0.05) is 12.1 Å². The molecule has 0 amide bonds. The van der Waals surface area contributed by atoms with Crippen molar-refractivity contribution in [1.29, 1.82) is 0 Å². The molecule has 4 rings (SSSR count). The molecule has 1 N–H and O–H groups in total. The van der Waals surface area contributed by atoms with Crippen molar-refractivity contribution in [3.05, 3.63) is 42.6 Å². The second-order valence-electron chi connectivity index (χ2n) is 6.64. The molecule has 0 spiro atoms. The van der Waals surface area contributed by atoms with Crippen LogP contribution in [0.15, 0.2) is 47.6 Å². The Morgan fingerprint density at radius 2 is 1.75 bits per heavy atom. The van der Waals surface area contributed by atoms with Crippen LogP contribution in [0, 0.1) is 17.8 Å². The van der Waals surface area contributed by atoms with Crippen molar-refractivity contribution in [2.45, 2.75) is 5.03 Å². The summed E-state index contributed by atoms with van der Waals surface area (Å²) < 4.78 is 28.8. The first-order valence-electron chi connectivity index (χ1n) is 8.12. The van der Waals surface area contributed by atoms with E-state index in [1.165, 1.54) is 6.07 Å². The molecule has 1 aliphatic carbocycles. The van der Waals surface area contributed by atoms with Crippen molar-refractivity contribution < 1.29 is 13.2 Å². The number of piperidine rings is 1. The predicted molar refractivity (Wildman–Crippen MR) is 91.6 cm³/mol. The highest BCUT2D eigenvalue weighted by Gasteiger charge is 2.52. The fourth-order valence-corrected chi connectivity index (χ4v) is 4.06. The maximum Gasteiger partial charge on any atom is 0.192 e. The number of sulfone groups is 1. The first kappa shape index (κ1) is 15.6. The maximum absolute atomic E-state index is 11.4. The third kappa shape index (κ3) is 3.03. The molecule has 5 nitrogen and oxygen atoms in total. The lowest BCUT2D eigenvalue weighted by Crippen LogP contribution is -2.17. The van der Waals surface area contributed by atoms with Gasteiger partial charge in [0.15, 0.2) is 14.9 Å². The summed E-state index contributed by atoms with van der Waals surface area (Å²) in [5, 5.41) is 3.48. The van der Waals surface area contributed by atoms with Crippen molar-refractivity contribution in [3.8, 4) is 16.9 Å². The van der Waals surface area contributed by atoms with Crippen LogP contribution < -0.4 is 10.1 Å². The largest absolute Gasteiger partial charge is 0.493 e. The number of fused-ring (bicyclic) bond motifs is 1. The minimum Gasteiger partial charge on any atom is -0.493 e. The van der Waals surface area contributed by atoms with Gasteiger partial charge in [-0.25, -0.2) is 13.4 Å². The number of nitrogens with one attached hydrogen (secondary N) is 1. The number of pyridine rings is 1. The van der Waals surface area contributed by atoms with Crippen LogP contribution in [0.4, 0.5) is 0 Å². The summed E-state index contributed by atoms with van der Waals surface area (Å²) in [6.07, 6.45) is 2.75. The summed E-state index contributed by atoms with van der Waals surface area (Å²) in [4.78, 5) is 4.02.